The Morgan fingerprint density at radius 2 is 1.74 bits per heavy atom. The number of urea groups is 1. The SMILES string of the molecule is Cc1cc(C)cc(CNC(=O)c2cnc(C)nc2C2CCN(C(=O)Nc3ccccc3F)CC2)c1. The number of carbonyl (C=O) groups is 2. The van der Waals surface area contributed by atoms with Crippen LogP contribution in [0, 0.1) is 26.6 Å². The van der Waals surface area contributed by atoms with E-state index in [0.29, 0.717) is 49.6 Å². The van der Waals surface area contributed by atoms with Crippen molar-refractivity contribution in [2.45, 2.75) is 46.1 Å². The fourth-order valence-corrected chi connectivity index (χ4v) is 4.54. The number of para-hydroxylation sites is 1. The zero-order valence-corrected chi connectivity index (χ0v) is 20.3. The predicted octanol–water partition coefficient (Wildman–Crippen LogP) is 4.88. The van der Waals surface area contributed by atoms with Gasteiger partial charge in [0.2, 0.25) is 0 Å². The van der Waals surface area contributed by atoms with Gasteiger partial charge in [-0.3, -0.25) is 4.79 Å². The summed E-state index contributed by atoms with van der Waals surface area (Å²) >= 11 is 0. The molecule has 1 aromatic heterocycles. The van der Waals surface area contributed by atoms with Crippen LogP contribution in [-0.2, 0) is 6.54 Å². The number of piperidine rings is 1. The van der Waals surface area contributed by atoms with Crippen LogP contribution in [0.3, 0.4) is 0 Å². The van der Waals surface area contributed by atoms with Crippen LogP contribution in [-0.4, -0.2) is 39.9 Å². The van der Waals surface area contributed by atoms with Gasteiger partial charge in [-0.1, -0.05) is 41.5 Å². The Kier molecular flexibility index (Phi) is 7.39. The number of rotatable bonds is 5. The molecule has 1 saturated heterocycles. The Bertz CT molecular complexity index is 1220. The number of benzene rings is 2. The molecule has 8 heteroatoms. The van der Waals surface area contributed by atoms with Gasteiger partial charge in [0.15, 0.2) is 0 Å². The average Bonchev–Trinajstić information content (AvgIpc) is 2.83. The van der Waals surface area contributed by atoms with Crippen molar-refractivity contribution in [1.29, 1.82) is 0 Å². The van der Waals surface area contributed by atoms with Crippen LogP contribution in [0.25, 0.3) is 0 Å². The normalized spacial score (nSPS) is 14.0. The van der Waals surface area contributed by atoms with Gasteiger partial charge in [0.1, 0.15) is 11.6 Å². The number of halogens is 1. The molecule has 2 N–H and O–H groups in total. The van der Waals surface area contributed by atoms with Gasteiger partial charge in [-0.15, -0.1) is 0 Å². The zero-order chi connectivity index (χ0) is 24.9. The molecule has 2 aromatic carbocycles. The lowest BCUT2D eigenvalue weighted by Crippen LogP contribution is -2.41. The minimum atomic E-state index is -0.469. The number of nitrogens with one attached hydrogen (secondary N) is 2. The lowest BCUT2D eigenvalue weighted by atomic mass is 9.90. The van der Waals surface area contributed by atoms with Gasteiger partial charge in [-0.05, 0) is 51.3 Å². The third-order valence-corrected chi connectivity index (χ3v) is 6.20. The minimum absolute atomic E-state index is 0.0242. The van der Waals surface area contributed by atoms with Crippen LogP contribution in [0.2, 0.25) is 0 Å². The fraction of sp³-hybridized carbons (Fsp3) is 0.333. The maximum Gasteiger partial charge on any atom is 0.321 e. The highest BCUT2D eigenvalue weighted by Gasteiger charge is 2.28. The van der Waals surface area contributed by atoms with Crippen molar-refractivity contribution in [3.8, 4) is 0 Å². The maximum absolute atomic E-state index is 13.9. The highest BCUT2D eigenvalue weighted by atomic mass is 19.1. The molecule has 182 valence electrons. The monoisotopic (exact) mass is 475 g/mol. The molecule has 1 fully saturated rings. The van der Waals surface area contributed by atoms with E-state index in [1.54, 1.807) is 30.2 Å². The van der Waals surface area contributed by atoms with Crippen LogP contribution >= 0.6 is 0 Å². The Morgan fingerprint density at radius 3 is 2.43 bits per heavy atom. The molecule has 0 unspecified atom stereocenters. The Balaban J connectivity index is 1.41. The van der Waals surface area contributed by atoms with Crippen LogP contribution in [0.15, 0.2) is 48.7 Å². The molecule has 0 bridgehead atoms. The van der Waals surface area contributed by atoms with Crippen molar-refractivity contribution in [3.63, 3.8) is 0 Å². The Hall–Kier alpha value is -3.81. The van der Waals surface area contributed by atoms with Gasteiger partial charge >= 0.3 is 6.03 Å². The molecule has 0 saturated carbocycles. The van der Waals surface area contributed by atoms with Crippen molar-refractivity contribution in [2.24, 2.45) is 0 Å². The molecule has 1 aliphatic heterocycles. The standard InChI is InChI=1S/C27H30FN5O2/c1-17-12-18(2)14-20(13-17)15-30-26(34)22-16-29-19(3)31-25(22)21-8-10-33(11-9-21)27(35)32-24-7-5-4-6-23(24)28/h4-7,12-14,16,21H,8-11,15H2,1-3H3,(H,30,34)(H,32,35). The van der Waals surface area contributed by atoms with Crippen LogP contribution in [0.1, 0.15) is 57.3 Å². The van der Waals surface area contributed by atoms with E-state index in [1.807, 2.05) is 13.8 Å². The van der Waals surface area contributed by atoms with Crippen molar-refractivity contribution in [2.75, 3.05) is 18.4 Å². The van der Waals surface area contributed by atoms with Gasteiger partial charge in [0.05, 0.1) is 16.9 Å². The second-order valence-corrected chi connectivity index (χ2v) is 9.07. The van der Waals surface area contributed by atoms with Gasteiger partial charge < -0.3 is 15.5 Å². The third-order valence-electron chi connectivity index (χ3n) is 6.20. The summed E-state index contributed by atoms with van der Waals surface area (Å²) in [5, 5.41) is 5.63. The summed E-state index contributed by atoms with van der Waals surface area (Å²) in [6.45, 7) is 7.26. The quantitative estimate of drug-likeness (QED) is 0.551. The number of anilines is 1. The van der Waals surface area contributed by atoms with Crippen LogP contribution in [0.5, 0.6) is 0 Å². The first-order valence-electron chi connectivity index (χ1n) is 11.8. The van der Waals surface area contributed by atoms with Crippen molar-refractivity contribution < 1.29 is 14.0 Å². The maximum atomic E-state index is 13.9. The first-order valence-corrected chi connectivity index (χ1v) is 11.8. The number of aryl methyl sites for hydroxylation is 3. The molecule has 35 heavy (non-hydrogen) atoms. The molecule has 0 spiro atoms. The molecule has 0 radical (unpaired) electrons. The first-order chi connectivity index (χ1) is 16.8. The molecule has 4 rings (SSSR count). The molecule has 0 aliphatic carbocycles. The number of hydrogen-bond acceptors (Lipinski definition) is 4. The summed E-state index contributed by atoms with van der Waals surface area (Å²) in [4.78, 5) is 36.2. The molecule has 2 heterocycles. The number of carbonyl (C=O) groups excluding carboxylic acids is 2. The molecule has 3 aromatic rings. The van der Waals surface area contributed by atoms with E-state index in [2.05, 4.69) is 38.8 Å². The average molecular weight is 476 g/mol. The van der Waals surface area contributed by atoms with Crippen molar-refractivity contribution in [3.05, 3.63) is 88.3 Å². The zero-order valence-electron chi connectivity index (χ0n) is 20.3. The summed E-state index contributed by atoms with van der Waals surface area (Å²) in [7, 11) is 0. The lowest BCUT2D eigenvalue weighted by Gasteiger charge is -2.32. The number of likely N-dealkylation sites (tertiary alicyclic amines) is 1. The summed E-state index contributed by atoms with van der Waals surface area (Å²) in [5.74, 6) is -0.0516. The van der Waals surface area contributed by atoms with Crippen LogP contribution in [0.4, 0.5) is 14.9 Å². The van der Waals surface area contributed by atoms with E-state index < -0.39 is 5.82 Å². The summed E-state index contributed by atoms with van der Waals surface area (Å²) in [6.07, 6.45) is 2.89. The second kappa shape index (κ2) is 10.6. The number of amides is 3. The molecule has 0 atom stereocenters. The lowest BCUT2D eigenvalue weighted by molar-refractivity contribution is 0.0947. The topological polar surface area (TPSA) is 87.2 Å². The van der Waals surface area contributed by atoms with Gasteiger partial charge in [0, 0.05) is 31.7 Å². The van der Waals surface area contributed by atoms with Crippen molar-refractivity contribution in [1.82, 2.24) is 20.2 Å². The molecular formula is C27H30FN5O2. The van der Waals surface area contributed by atoms with Gasteiger partial charge in [-0.2, -0.15) is 0 Å². The van der Waals surface area contributed by atoms with E-state index in [0.717, 1.165) is 16.7 Å². The number of nitrogens with zero attached hydrogens (tertiary/aromatic N) is 3. The van der Waals surface area contributed by atoms with E-state index in [-0.39, 0.29) is 23.5 Å². The predicted molar refractivity (Wildman–Crippen MR) is 133 cm³/mol. The van der Waals surface area contributed by atoms with E-state index >= 15 is 0 Å². The molecule has 1 aliphatic rings. The largest absolute Gasteiger partial charge is 0.348 e. The van der Waals surface area contributed by atoms with Crippen molar-refractivity contribution >= 4 is 17.6 Å². The highest BCUT2D eigenvalue weighted by Crippen LogP contribution is 2.29. The Morgan fingerprint density at radius 1 is 1.06 bits per heavy atom. The Labute approximate surface area is 204 Å². The van der Waals surface area contributed by atoms with Crippen LogP contribution < -0.4 is 10.6 Å². The second-order valence-electron chi connectivity index (χ2n) is 9.07. The van der Waals surface area contributed by atoms with E-state index in [9.17, 15) is 14.0 Å². The summed E-state index contributed by atoms with van der Waals surface area (Å²) in [6, 6.07) is 12.0. The molecular weight excluding hydrogens is 445 g/mol. The van der Waals surface area contributed by atoms with E-state index in [1.165, 1.54) is 12.1 Å². The summed E-state index contributed by atoms with van der Waals surface area (Å²) in [5.41, 5.74) is 4.69. The first kappa shape index (κ1) is 24.3. The van der Waals surface area contributed by atoms with Gasteiger partial charge in [0.25, 0.3) is 5.91 Å². The minimum Gasteiger partial charge on any atom is -0.348 e. The highest BCUT2D eigenvalue weighted by molar-refractivity contribution is 5.95. The fourth-order valence-electron chi connectivity index (χ4n) is 4.54. The number of hydrogen-bond donors (Lipinski definition) is 2. The van der Waals surface area contributed by atoms with Gasteiger partial charge in [-0.25, -0.2) is 19.2 Å². The third kappa shape index (κ3) is 6.01. The molecule has 3 amide bonds. The smallest absolute Gasteiger partial charge is 0.321 e. The van der Waals surface area contributed by atoms with E-state index in [4.69, 9.17) is 0 Å². The summed E-state index contributed by atoms with van der Waals surface area (Å²) < 4.78 is 13.9. The molecule has 7 nitrogen and oxygen atoms in total. The number of aromatic nitrogens is 2.